The maximum Gasteiger partial charge on any atom is 0.320 e. The van der Waals surface area contributed by atoms with E-state index in [4.69, 9.17) is 9.26 Å². The van der Waals surface area contributed by atoms with E-state index in [9.17, 15) is 4.79 Å². The van der Waals surface area contributed by atoms with Crippen molar-refractivity contribution in [2.24, 2.45) is 0 Å². The normalized spacial score (nSPS) is 16.6. The maximum atomic E-state index is 11.8. The molecule has 1 aromatic heterocycles. The van der Waals surface area contributed by atoms with E-state index in [1.54, 1.807) is 0 Å². The number of hydrogen-bond acceptors (Lipinski definition) is 5. The first-order valence-corrected chi connectivity index (χ1v) is 7.51. The molecule has 0 spiro atoms. The molecule has 0 radical (unpaired) electrons. The van der Waals surface area contributed by atoms with Crippen LogP contribution in [0, 0.1) is 6.92 Å². The van der Waals surface area contributed by atoms with Gasteiger partial charge in [0, 0.05) is 12.1 Å². The highest BCUT2D eigenvalue weighted by atomic mass is 16.5. The number of nitrogens with zero attached hydrogens (tertiary/aromatic N) is 2. The molecule has 0 N–H and O–H groups in total. The summed E-state index contributed by atoms with van der Waals surface area (Å²) in [5.74, 6) is 0.659. The third-order valence-electron chi connectivity index (χ3n) is 3.76. The van der Waals surface area contributed by atoms with Gasteiger partial charge in [0.15, 0.2) is 5.76 Å². The molecule has 0 amide bonds. The molecule has 112 valence electrons. The Balaban J connectivity index is 2.00. The Kier molecular flexibility index (Phi) is 5.59. The van der Waals surface area contributed by atoms with E-state index in [1.165, 1.54) is 19.3 Å². The Hall–Kier alpha value is -1.36. The lowest BCUT2D eigenvalue weighted by Crippen LogP contribution is -2.40. The zero-order valence-corrected chi connectivity index (χ0v) is 12.4. The second-order valence-corrected chi connectivity index (χ2v) is 5.44. The number of rotatable bonds is 6. The largest absolute Gasteiger partial charge is 0.465 e. The van der Waals surface area contributed by atoms with Gasteiger partial charge in [0.2, 0.25) is 0 Å². The quantitative estimate of drug-likeness (QED) is 0.750. The lowest BCUT2D eigenvalue weighted by atomic mass is 9.94. The second kappa shape index (κ2) is 7.43. The number of aromatic nitrogens is 1. The summed E-state index contributed by atoms with van der Waals surface area (Å²) in [7, 11) is 0. The monoisotopic (exact) mass is 280 g/mol. The average Bonchev–Trinajstić information content (AvgIpc) is 2.85. The number of carbonyl (C=O) groups is 1. The van der Waals surface area contributed by atoms with Crippen LogP contribution in [0.15, 0.2) is 10.6 Å². The van der Waals surface area contributed by atoms with Gasteiger partial charge in [-0.25, -0.2) is 0 Å². The summed E-state index contributed by atoms with van der Waals surface area (Å²) in [6.45, 7) is 5.13. The van der Waals surface area contributed by atoms with Crippen molar-refractivity contribution in [3.63, 3.8) is 0 Å². The molecule has 0 aromatic carbocycles. The maximum absolute atomic E-state index is 11.8. The highest BCUT2D eigenvalue weighted by Crippen LogP contribution is 2.24. The molecule has 0 atom stereocenters. The zero-order valence-electron chi connectivity index (χ0n) is 12.4. The standard InChI is InChI=1S/C15H24N2O3/c1-3-19-15(18)11-17(13-7-5-4-6-8-13)10-14-9-12(2)16-20-14/h9,13H,3-8,10-11H2,1-2H3. The highest BCUT2D eigenvalue weighted by Gasteiger charge is 2.24. The summed E-state index contributed by atoms with van der Waals surface area (Å²) in [6, 6.07) is 2.37. The van der Waals surface area contributed by atoms with Crippen LogP contribution in [0.3, 0.4) is 0 Å². The summed E-state index contributed by atoms with van der Waals surface area (Å²) in [4.78, 5) is 14.0. The molecule has 0 saturated heterocycles. The van der Waals surface area contributed by atoms with Gasteiger partial charge >= 0.3 is 5.97 Å². The van der Waals surface area contributed by atoms with Crippen molar-refractivity contribution in [1.29, 1.82) is 0 Å². The molecule has 5 heteroatoms. The van der Waals surface area contributed by atoms with Crippen molar-refractivity contribution in [3.8, 4) is 0 Å². The van der Waals surface area contributed by atoms with Gasteiger partial charge in [0.1, 0.15) is 0 Å². The van der Waals surface area contributed by atoms with Gasteiger partial charge in [-0.15, -0.1) is 0 Å². The fourth-order valence-corrected chi connectivity index (χ4v) is 2.82. The van der Waals surface area contributed by atoms with E-state index in [-0.39, 0.29) is 5.97 Å². The van der Waals surface area contributed by atoms with Crippen LogP contribution < -0.4 is 0 Å². The number of carbonyl (C=O) groups excluding carboxylic acids is 1. The van der Waals surface area contributed by atoms with Gasteiger partial charge < -0.3 is 9.26 Å². The number of aryl methyl sites for hydroxylation is 1. The Morgan fingerprint density at radius 3 is 2.80 bits per heavy atom. The van der Waals surface area contributed by atoms with Crippen LogP contribution in [0.5, 0.6) is 0 Å². The predicted octanol–water partition coefficient (Wildman–Crippen LogP) is 2.68. The fraction of sp³-hybridized carbons (Fsp3) is 0.733. The highest BCUT2D eigenvalue weighted by molar-refractivity contribution is 5.71. The molecule has 1 aromatic rings. The van der Waals surface area contributed by atoms with Crippen LogP contribution >= 0.6 is 0 Å². The van der Waals surface area contributed by atoms with Crippen molar-refractivity contribution in [3.05, 3.63) is 17.5 Å². The van der Waals surface area contributed by atoms with Crippen LogP contribution in [-0.2, 0) is 16.1 Å². The van der Waals surface area contributed by atoms with Gasteiger partial charge in [-0.3, -0.25) is 9.69 Å². The third kappa shape index (κ3) is 4.34. The molecule has 1 saturated carbocycles. The first-order valence-electron chi connectivity index (χ1n) is 7.51. The first kappa shape index (κ1) is 15.0. The number of ether oxygens (including phenoxy) is 1. The minimum atomic E-state index is -0.158. The van der Waals surface area contributed by atoms with E-state index in [2.05, 4.69) is 10.1 Å². The minimum absolute atomic E-state index is 0.158. The summed E-state index contributed by atoms with van der Waals surface area (Å²) in [5, 5.41) is 3.91. The summed E-state index contributed by atoms with van der Waals surface area (Å²) in [6.07, 6.45) is 6.06. The van der Waals surface area contributed by atoms with Crippen molar-refractivity contribution >= 4 is 5.97 Å². The Morgan fingerprint density at radius 2 is 2.20 bits per heavy atom. The Labute approximate surface area is 120 Å². The van der Waals surface area contributed by atoms with E-state index in [1.807, 2.05) is 19.9 Å². The van der Waals surface area contributed by atoms with Crippen molar-refractivity contribution in [1.82, 2.24) is 10.1 Å². The van der Waals surface area contributed by atoms with E-state index < -0.39 is 0 Å². The summed E-state index contributed by atoms with van der Waals surface area (Å²) >= 11 is 0. The van der Waals surface area contributed by atoms with Crippen LogP contribution in [0.25, 0.3) is 0 Å². The number of hydrogen-bond donors (Lipinski definition) is 0. The summed E-state index contributed by atoms with van der Waals surface area (Å²) in [5.41, 5.74) is 0.875. The van der Waals surface area contributed by atoms with Gasteiger partial charge in [-0.2, -0.15) is 0 Å². The molecule has 0 bridgehead atoms. The molecule has 1 aliphatic rings. The van der Waals surface area contributed by atoms with Crippen LogP contribution in [0.1, 0.15) is 50.5 Å². The van der Waals surface area contributed by atoms with Gasteiger partial charge in [-0.05, 0) is 26.7 Å². The van der Waals surface area contributed by atoms with E-state index in [0.29, 0.717) is 25.7 Å². The van der Waals surface area contributed by atoms with E-state index in [0.717, 1.165) is 24.3 Å². The minimum Gasteiger partial charge on any atom is -0.465 e. The van der Waals surface area contributed by atoms with E-state index >= 15 is 0 Å². The second-order valence-electron chi connectivity index (χ2n) is 5.44. The topological polar surface area (TPSA) is 55.6 Å². The first-order chi connectivity index (χ1) is 9.69. The number of esters is 1. The molecule has 2 rings (SSSR count). The fourth-order valence-electron chi connectivity index (χ4n) is 2.82. The SMILES string of the molecule is CCOC(=O)CN(Cc1cc(C)no1)C1CCCCC1. The molecule has 20 heavy (non-hydrogen) atoms. The van der Waals surface area contributed by atoms with Crippen LogP contribution in [0.2, 0.25) is 0 Å². The lowest BCUT2D eigenvalue weighted by molar-refractivity contribution is -0.145. The smallest absolute Gasteiger partial charge is 0.320 e. The summed E-state index contributed by atoms with van der Waals surface area (Å²) < 4.78 is 10.4. The predicted molar refractivity (Wildman–Crippen MR) is 75.2 cm³/mol. The molecule has 1 fully saturated rings. The van der Waals surface area contributed by atoms with Crippen molar-refractivity contribution in [2.45, 2.75) is 58.5 Å². The molecule has 1 aliphatic carbocycles. The Bertz CT molecular complexity index is 425. The van der Waals surface area contributed by atoms with Crippen molar-refractivity contribution < 1.29 is 14.1 Å². The van der Waals surface area contributed by atoms with Gasteiger partial charge in [-0.1, -0.05) is 24.4 Å². The third-order valence-corrected chi connectivity index (χ3v) is 3.76. The average molecular weight is 280 g/mol. The molecule has 5 nitrogen and oxygen atoms in total. The van der Waals surface area contributed by atoms with Crippen LogP contribution in [0.4, 0.5) is 0 Å². The molecular weight excluding hydrogens is 256 g/mol. The molecule has 0 aliphatic heterocycles. The van der Waals surface area contributed by atoms with Gasteiger partial charge in [0.05, 0.1) is 25.4 Å². The lowest BCUT2D eigenvalue weighted by Gasteiger charge is -2.32. The Morgan fingerprint density at radius 1 is 1.45 bits per heavy atom. The molecule has 0 unspecified atom stereocenters. The molecular formula is C15H24N2O3. The van der Waals surface area contributed by atoms with Crippen LogP contribution in [-0.4, -0.2) is 35.2 Å². The zero-order chi connectivity index (χ0) is 14.4. The van der Waals surface area contributed by atoms with Crippen molar-refractivity contribution in [2.75, 3.05) is 13.2 Å². The van der Waals surface area contributed by atoms with Gasteiger partial charge in [0.25, 0.3) is 0 Å². The molecule has 1 heterocycles.